The fourth-order valence-electron chi connectivity index (χ4n) is 4.69. The lowest BCUT2D eigenvalue weighted by molar-refractivity contribution is -0.113. The fourth-order valence-corrected chi connectivity index (χ4v) is 5.74. The standard InChI is InChI=1S/C32H31N3O3S/c1-20-27(29(36)34-24-11-7-6-8-12-24)28(22-10-9-13-25(19-22)38-5)35-30(37)26(39-31(35)33-20)18-21-14-16-23(17-15-21)32(2,3)4/h6-19,28H,1-5H3,(H,34,36)/b26-18-/t28-/m1/s1. The molecule has 5 rings (SSSR count). The van der Waals surface area contributed by atoms with Crippen molar-refractivity contribution in [2.24, 2.45) is 4.99 Å². The fraction of sp³-hybridized carbons (Fsp3) is 0.219. The molecule has 3 aromatic carbocycles. The maximum Gasteiger partial charge on any atom is 0.271 e. The summed E-state index contributed by atoms with van der Waals surface area (Å²) in [4.78, 5) is 32.9. The van der Waals surface area contributed by atoms with Gasteiger partial charge in [-0.15, -0.1) is 0 Å². The van der Waals surface area contributed by atoms with E-state index in [1.165, 1.54) is 16.9 Å². The van der Waals surface area contributed by atoms with E-state index in [9.17, 15) is 9.59 Å². The minimum atomic E-state index is -0.662. The number of carbonyl (C=O) groups excluding carboxylic acids is 1. The number of hydrogen-bond donors (Lipinski definition) is 1. The summed E-state index contributed by atoms with van der Waals surface area (Å²) in [6.45, 7) is 8.33. The number of benzene rings is 3. The van der Waals surface area contributed by atoms with Crippen LogP contribution in [0.2, 0.25) is 0 Å². The number of allylic oxidation sites excluding steroid dienone is 1. The van der Waals surface area contributed by atoms with Crippen molar-refractivity contribution < 1.29 is 9.53 Å². The summed E-state index contributed by atoms with van der Waals surface area (Å²) >= 11 is 1.33. The molecule has 6 nitrogen and oxygen atoms in total. The third-order valence-corrected chi connectivity index (χ3v) is 7.76. The first kappa shape index (κ1) is 26.4. The number of methoxy groups -OCH3 is 1. The zero-order valence-corrected chi connectivity index (χ0v) is 23.5. The number of nitrogens with zero attached hydrogens (tertiary/aromatic N) is 2. The van der Waals surface area contributed by atoms with Crippen molar-refractivity contribution in [3.8, 4) is 5.75 Å². The van der Waals surface area contributed by atoms with Gasteiger partial charge in [-0.3, -0.25) is 14.2 Å². The molecular weight excluding hydrogens is 506 g/mol. The van der Waals surface area contributed by atoms with Crippen molar-refractivity contribution >= 4 is 29.0 Å². The van der Waals surface area contributed by atoms with E-state index in [1.54, 1.807) is 11.7 Å². The van der Waals surface area contributed by atoms with Crippen LogP contribution < -0.4 is 24.9 Å². The second kappa shape index (κ2) is 10.5. The molecule has 0 aliphatic carbocycles. The SMILES string of the molecule is COc1cccc([C@@H]2C(C(=O)Nc3ccccc3)=C(C)N=c3s/c(=C\c4ccc(C(C)(C)C)cc4)c(=O)n32)c1. The minimum Gasteiger partial charge on any atom is -0.497 e. The van der Waals surface area contributed by atoms with Gasteiger partial charge in [-0.25, -0.2) is 4.99 Å². The maximum absolute atomic E-state index is 13.9. The number of hydrogen-bond acceptors (Lipinski definition) is 5. The Labute approximate surface area is 231 Å². The molecular formula is C32H31N3O3S. The molecule has 2 heterocycles. The molecule has 7 heteroatoms. The number of nitrogens with one attached hydrogen (secondary N) is 1. The van der Waals surface area contributed by atoms with E-state index < -0.39 is 6.04 Å². The van der Waals surface area contributed by atoms with E-state index in [2.05, 4.69) is 38.2 Å². The van der Waals surface area contributed by atoms with Crippen LogP contribution in [0.3, 0.4) is 0 Å². The van der Waals surface area contributed by atoms with Crippen LogP contribution in [-0.4, -0.2) is 17.6 Å². The van der Waals surface area contributed by atoms with E-state index in [0.717, 1.165) is 11.1 Å². The molecule has 39 heavy (non-hydrogen) atoms. The van der Waals surface area contributed by atoms with Crippen LogP contribution in [0.4, 0.5) is 5.69 Å². The molecule has 198 valence electrons. The van der Waals surface area contributed by atoms with Gasteiger partial charge in [0.2, 0.25) is 0 Å². The number of fused-ring (bicyclic) bond motifs is 1. The average molecular weight is 538 g/mol. The third kappa shape index (κ3) is 5.36. The van der Waals surface area contributed by atoms with Crippen molar-refractivity contribution in [2.45, 2.75) is 39.2 Å². The molecule has 1 aromatic heterocycles. The summed E-state index contributed by atoms with van der Waals surface area (Å²) in [6.07, 6.45) is 1.89. The minimum absolute atomic E-state index is 0.0445. The van der Waals surface area contributed by atoms with Crippen LogP contribution in [-0.2, 0) is 10.2 Å². The molecule has 0 saturated carbocycles. The first-order valence-electron chi connectivity index (χ1n) is 12.8. The molecule has 4 aromatic rings. The first-order valence-corrected chi connectivity index (χ1v) is 13.6. The molecule has 0 saturated heterocycles. The highest BCUT2D eigenvalue weighted by Gasteiger charge is 2.32. The van der Waals surface area contributed by atoms with Gasteiger partial charge in [0.15, 0.2) is 4.80 Å². The number of amides is 1. The molecule has 0 bridgehead atoms. The number of anilines is 1. The highest BCUT2D eigenvalue weighted by molar-refractivity contribution is 7.07. The van der Waals surface area contributed by atoms with Crippen LogP contribution in [0.5, 0.6) is 5.75 Å². The zero-order valence-electron chi connectivity index (χ0n) is 22.7. The van der Waals surface area contributed by atoms with Crippen LogP contribution in [0.1, 0.15) is 50.4 Å². The molecule has 0 fully saturated rings. The number of carbonyl (C=O) groups is 1. The normalized spacial score (nSPS) is 15.5. The van der Waals surface area contributed by atoms with E-state index in [-0.39, 0.29) is 16.9 Å². The average Bonchev–Trinajstić information content (AvgIpc) is 3.22. The third-order valence-electron chi connectivity index (χ3n) is 6.78. The Kier molecular flexibility index (Phi) is 7.10. The van der Waals surface area contributed by atoms with Crippen LogP contribution in [0, 0.1) is 0 Å². The molecule has 0 unspecified atom stereocenters. The van der Waals surface area contributed by atoms with Crippen LogP contribution >= 0.6 is 11.3 Å². The molecule has 0 radical (unpaired) electrons. The predicted molar refractivity (Wildman–Crippen MR) is 157 cm³/mol. The second-order valence-electron chi connectivity index (χ2n) is 10.6. The highest BCUT2D eigenvalue weighted by atomic mass is 32.1. The highest BCUT2D eigenvalue weighted by Crippen LogP contribution is 2.32. The van der Waals surface area contributed by atoms with Gasteiger partial charge in [0.25, 0.3) is 11.5 Å². The van der Waals surface area contributed by atoms with Gasteiger partial charge in [0.1, 0.15) is 5.75 Å². The Bertz CT molecular complexity index is 1740. The summed E-state index contributed by atoms with van der Waals surface area (Å²) < 4.78 is 7.65. The predicted octanol–water partition coefficient (Wildman–Crippen LogP) is 5.18. The topological polar surface area (TPSA) is 72.7 Å². The van der Waals surface area contributed by atoms with E-state index in [4.69, 9.17) is 9.73 Å². The lowest BCUT2D eigenvalue weighted by atomic mass is 9.87. The van der Waals surface area contributed by atoms with Gasteiger partial charge < -0.3 is 10.1 Å². The molecule has 1 aliphatic rings. The zero-order chi connectivity index (χ0) is 27.7. The number of aromatic nitrogens is 1. The number of para-hydroxylation sites is 1. The van der Waals surface area contributed by atoms with Gasteiger partial charge in [-0.05, 0) is 59.4 Å². The Morgan fingerprint density at radius 1 is 1.03 bits per heavy atom. The van der Waals surface area contributed by atoms with Crippen molar-refractivity contribution in [1.29, 1.82) is 0 Å². The van der Waals surface area contributed by atoms with Crippen molar-refractivity contribution in [3.63, 3.8) is 0 Å². The van der Waals surface area contributed by atoms with Crippen molar-refractivity contribution in [3.05, 3.63) is 127 Å². The number of thiazole rings is 1. The lowest BCUT2D eigenvalue weighted by Gasteiger charge is -2.25. The maximum atomic E-state index is 13.9. The van der Waals surface area contributed by atoms with Crippen LogP contribution in [0.15, 0.2) is 99.9 Å². The second-order valence-corrected chi connectivity index (χ2v) is 11.6. The number of rotatable bonds is 5. The summed E-state index contributed by atoms with van der Waals surface area (Å²) in [6, 6.07) is 24.3. The smallest absolute Gasteiger partial charge is 0.271 e. The summed E-state index contributed by atoms with van der Waals surface area (Å²) in [5.41, 5.74) is 4.44. The van der Waals surface area contributed by atoms with Gasteiger partial charge in [-0.2, -0.15) is 0 Å². The quantitative estimate of drug-likeness (QED) is 0.381. The van der Waals surface area contributed by atoms with Gasteiger partial charge in [0.05, 0.1) is 29.0 Å². The van der Waals surface area contributed by atoms with E-state index in [1.807, 2.05) is 79.7 Å². The Morgan fingerprint density at radius 2 is 1.74 bits per heavy atom. The van der Waals surface area contributed by atoms with Gasteiger partial charge in [0, 0.05) is 5.69 Å². The monoisotopic (exact) mass is 537 g/mol. The van der Waals surface area contributed by atoms with Crippen molar-refractivity contribution in [2.75, 3.05) is 12.4 Å². The van der Waals surface area contributed by atoms with E-state index >= 15 is 0 Å². The summed E-state index contributed by atoms with van der Waals surface area (Å²) in [7, 11) is 1.60. The number of ether oxygens (including phenoxy) is 1. The van der Waals surface area contributed by atoms with Gasteiger partial charge in [-0.1, -0.05) is 86.7 Å². The van der Waals surface area contributed by atoms with Crippen LogP contribution in [0.25, 0.3) is 6.08 Å². The molecule has 1 amide bonds. The van der Waals surface area contributed by atoms with Crippen molar-refractivity contribution in [1.82, 2.24) is 4.57 Å². The summed E-state index contributed by atoms with van der Waals surface area (Å²) in [5, 5.41) is 2.98. The van der Waals surface area contributed by atoms with E-state index in [0.29, 0.717) is 32.0 Å². The lowest BCUT2D eigenvalue weighted by Crippen LogP contribution is -2.40. The Morgan fingerprint density at radius 3 is 2.41 bits per heavy atom. The molecule has 0 spiro atoms. The molecule has 1 N–H and O–H groups in total. The first-order chi connectivity index (χ1) is 18.7. The molecule has 1 atom stereocenters. The molecule has 1 aliphatic heterocycles. The summed E-state index contributed by atoms with van der Waals surface area (Å²) in [5.74, 6) is 0.341. The van der Waals surface area contributed by atoms with Gasteiger partial charge >= 0.3 is 0 Å². The Hall–Kier alpha value is -4.23. The Balaban J connectivity index is 1.65. The largest absolute Gasteiger partial charge is 0.497 e.